The fourth-order valence-corrected chi connectivity index (χ4v) is 19.7. The van der Waals surface area contributed by atoms with E-state index in [0.29, 0.717) is 0 Å². The number of hydrogen-bond donors (Lipinski definition) is 0. The van der Waals surface area contributed by atoms with Crippen molar-refractivity contribution < 1.29 is 112 Å². The minimum absolute atomic E-state index is 0. The van der Waals surface area contributed by atoms with E-state index in [2.05, 4.69) is 26.3 Å². The quantitative estimate of drug-likeness (QED) is 0.268. The molecule has 1 aliphatic heterocycles. The Hall–Kier alpha value is 2.10. The van der Waals surface area contributed by atoms with Gasteiger partial charge in [0.05, 0.1) is 0 Å². The third-order valence-corrected chi connectivity index (χ3v) is 19.0. The van der Waals surface area contributed by atoms with Gasteiger partial charge in [-0.3, -0.25) is 0 Å². The molecule has 166 valence electrons. The Morgan fingerprint density at radius 2 is 0.556 bits per heavy atom. The van der Waals surface area contributed by atoms with E-state index in [9.17, 15) is 0 Å². The number of rotatable bonds is 4. The van der Waals surface area contributed by atoms with Crippen LogP contribution in [0.3, 0.4) is 0 Å². The van der Waals surface area contributed by atoms with Gasteiger partial charge in [0.2, 0.25) is 0 Å². The van der Waals surface area contributed by atoms with Gasteiger partial charge in [-0.15, -0.1) is 26.3 Å². The third kappa shape index (κ3) is 13.2. The molecule has 15 heteroatoms. The molecule has 0 unspecified atom stereocenters. The summed E-state index contributed by atoms with van der Waals surface area (Å²) in [5, 5.41) is 0. The van der Waals surface area contributed by atoms with Gasteiger partial charge < -0.3 is 90.9 Å². The first-order valence-electron chi connectivity index (χ1n) is 6.42. The van der Waals surface area contributed by atoms with Crippen molar-refractivity contribution >= 4 is 34.2 Å². The zero-order valence-electron chi connectivity index (χ0n) is 15.4. The summed E-state index contributed by atoms with van der Waals surface area (Å²) in [6, 6.07) is 0. The Bertz CT molecular complexity index is 376. The molecule has 0 bridgehead atoms. The van der Waals surface area contributed by atoms with Gasteiger partial charge in [0.15, 0.2) is 0 Å². The zero-order valence-corrected chi connectivity index (χ0v) is 26.2. The summed E-state index contributed by atoms with van der Waals surface area (Å²) in [5.41, 5.74) is 7.01. The Labute approximate surface area is 219 Å². The van der Waals surface area contributed by atoms with E-state index in [0.717, 1.165) is 0 Å². The SMILES string of the molecule is C=C[Si]1(C)O[Si](C)(C=C)O[Si](C)(C=C)O[Si](C)(C=C)O1.[Cl-].[Cl-].[Cl-].[Cl-].[Cl-].[Cl-].[Pt+4]. The molecule has 0 spiro atoms. The summed E-state index contributed by atoms with van der Waals surface area (Å²) in [4.78, 5) is 0. The van der Waals surface area contributed by atoms with Gasteiger partial charge in [-0.25, -0.2) is 0 Å². The minimum atomic E-state index is -2.60. The van der Waals surface area contributed by atoms with E-state index in [1.807, 2.05) is 26.2 Å². The molecule has 0 atom stereocenters. The van der Waals surface area contributed by atoms with Gasteiger partial charge in [-0.1, -0.05) is 22.8 Å². The molecule has 27 heavy (non-hydrogen) atoms. The van der Waals surface area contributed by atoms with E-state index in [-0.39, 0.29) is 95.5 Å². The van der Waals surface area contributed by atoms with E-state index in [1.54, 1.807) is 22.8 Å². The Morgan fingerprint density at radius 3 is 0.630 bits per heavy atom. The Kier molecular flexibility index (Phi) is 30.9. The number of halogens is 6. The summed E-state index contributed by atoms with van der Waals surface area (Å²) in [5.74, 6) is 0. The third-order valence-electron chi connectivity index (χ3n) is 3.10. The fourth-order valence-electron chi connectivity index (χ4n) is 2.03. The average Bonchev–Trinajstić information content (AvgIpc) is 2.36. The van der Waals surface area contributed by atoms with E-state index in [1.165, 1.54) is 0 Å². The minimum Gasteiger partial charge on any atom is -1.00 e. The molecule has 0 aromatic carbocycles. The first-order chi connectivity index (χ1) is 9.07. The summed E-state index contributed by atoms with van der Waals surface area (Å²) < 4.78 is 25.0. The summed E-state index contributed by atoms with van der Waals surface area (Å²) in [6.07, 6.45) is 0. The maximum absolute atomic E-state index is 6.25. The standard InChI is InChI=1S/C12H24O4Si4.6ClH.Pt/c1-9-17(5)13-18(6,10-2)15-20(8,12-4)16-19(7,11-3)14-17;;;;;;;/h9-12H,1-4H2,5-8H3;6*1H;/q;;;;;;;+4/p-6. The molecule has 0 aromatic heterocycles. The summed E-state index contributed by atoms with van der Waals surface area (Å²) in [7, 11) is -10.4. The van der Waals surface area contributed by atoms with Crippen LogP contribution in [0.2, 0.25) is 26.2 Å². The van der Waals surface area contributed by atoms with Crippen LogP contribution in [0.15, 0.2) is 49.1 Å². The zero-order chi connectivity index (χ0) is 15.7. The van der Waals surface area contributed by atoms with Gasteiger partial charge >= 0.3 is 55.3 Å². The molecule has 1 heterocycles. The maximum Gasteiger partial charge on any atom is 4.00 e. The molecule has 1 fully saturated rings. The summed E-state index contributed by atoms with van der Waals surface area (Å²) in [6.45, 7) is 23.2. The molecule has 1 saturated heterocycles. The monoisotopic (exact) mass is 749 g/mol. The fraction of sp³-hybridized carbons (Fsp3) is 0.333. The molecule has 1 aliphatic rings. The van der Waals surface area contributed by atoms with Crippen LogP contribution < -0.4 is 74.4 Å². The summed E-state index contributed by atoms with van der Waals surface area (Å²) >= 11 is 0. The van der Waals surface area contributed by atoms with Crippen molar-refractivity contribution in [1.29, 1.82) is 0 Å². The molecular formula is C12H24Cl6O4PtSi4-2. The largest absolute Gasteiger partial charge is 4.00 e. The van der Waals surface area contributed by atoms with Crippen LogP contribution in [0.1, 0.15) is 0 Å². The van der Waals surface area contributed by atoms with Crippen LogP contribution in [-0.2, 0) is 37.5 Å². The van der Waals surface area contributed by atoms with Crippen LogP contribution in [0.4, 0.5) is 0 Å². The van der Waals surface area contributed by atoms with Crippen molar-refractivity contribution in [3.05, 3.63) is 49.1 Å². The van der Waals surface area contributed by atoms with Gasteiger partial charge in [0, 0.05) is 0 Å². The molecule has 0 radical (unpaired) electrons. The van der Waals surface area contributed by atoms with Crippen molar-refractivity contribution in [2.24, 2.45) is 0 Å². The molecule has 0 amide bonds. The average molecular weight is 752 g/mol. The van der Waals surface area contributed by atoms with E-state index in [4.69, 9.17) is 16.5 Å². The van der Waals surface area contributed by atoms with Crippen molar-refractivity contribution in [2.75, 3.05) is 0 Å². The Balaban J connectivity index is -0.000000114. The smallest absolute Gasteiger partial charge is 1.00 e. The van der Waals surface area contributed by atoms with Crippen LogP contribution >= 0.6 is 0 Å². The van der Waals surface area contributed by atoms with Crippen LogP contribution in [0, 0.1) is 0 Å². The van der Waals surface area contributed by atoms with Crippen molar-refractivity contribution in [1.82, 2.24) is 0 Å². The second-order valence-electron chi connectivity index (χ2n) is 5.29. The van der Waals surface area contributed by atoms with Crippen LogP contribution in [0.5, 0.6) is 0 Å². The van der Waals surface area contributed by atoms with Crippen molar-refractivity contribution in [2.45, 2.75) is 26.2 Å². The molecule has 0 saturated carbocycles. The topological polar surface area (TPSA) is 36.9 Å². The van der Waals surface area contributed by atoms with Gasteiger partial charge in [0.1, 0.15) is 0 Å². The van der Waals surface area contributed by atoms with Gasteiger partial charge in [0.25, 0.3) is 0 Å². The predicted molar refractivity (Wildman–Crippen MR) is 91.6 cm³/mol. The molecule has 1 rings (SSSR count). The van der Waals surface area contributed by atoms with Crippen molar-refractivity contribution in [3.8, 4) is 0 Å². The number of hydrogen-bond acceptors (Lipinski definition) is 4. The Morgan fingerprint density at radius 1 is 0.444 bits per heavy atom. The molecule has 0 N–H and O–H groups in total. The normalized spacial score (nSPS) is 33.9. The first kappa shape index (κ1) is 47.0. The molecule has 0 aromatic rings. The maximum atomic E-state index is 6.25. The molecule has 4 nitrogen and oxygen atoms in total. The predicted octanol–water partition coefficient (Wildman–Crippen LogP) is -14.7. The molecule has 0 aliphatic carbocycles. The van der Waals surface area contributed by atoms with Crippen molar-refractivity contribution in [3.63, 3.8) is 0 Å². The van der Waals surface area contributed by atoms with E-state index < -0.39 is 34.2 Å². The van der Waals surface area contributed by atoms with Gasteiger partial charge in [-0.2, -0.15) is 0 Å². The molecular weight excluding hydrogens is 728 g/mol. The second kappa shape index (κ2) is 17.7. The second-order valence-corrected chi connectivity index (χ2v) is 18.3. The van der Waals surface area contributed by atoms with E-state index >= 15 is 0 Å². The first-order valence-corrected chi connectivity index (χ1v) is 16.0. The van der Waals surface area contributed by atoms with Gasteiger partial charge in [-0.05, 0) is 26.2 Å². The van der Waals surface area contributed by atoms with Crippen LogP contribution in [0.25, 0.3) is 0 Å². The van der Waals surface area contributed by atoms with Crippen LogP contribution in [-0.4, -0.2) is 34.2 Å².